The van der Waals surface area contributed by atoms with Crippen molar-refractivity contribution in [2.75, 3.05) is 0 Å². The lowest BCUT2D eigenvalue weighted by Crippen LogP contribution is -1.97. The van der Waals surface area contributed by atoms with Gasteiger partial charge < -0.3 is 13.4 Å². The van der Waals surface area contributed by atoms with Crippen LogP contribution in [-0.4, -0.2) is 14.5 Å². The van der Waals surface area contributed by atoms with Crippen molar-refractivity contribution in [3.05, 3.63) is 140 Å². The number of hydrogen-bond donors (Lipinski definition) is 0. The van der Waals surface area contributed by atoms with Gasteiger partial charge in [0, 0.05) is 38.4 Å². The summed E-state index contributed by atoms with van der Waals surface area (Å²) in [6.07, 6.45) is 0. The molecule has 5 nitrogen and oxygen atoms in total. The van der Waals surface area contributed by atoms with Crippen LogP contribution in [0.4, 0.5) is 0 Å². The van der Waals surface area contributed by atoms with E-state index in [4.69, 9.17) is 18.8 Å². The molecule has 45 heavy (non-hydrogen) atoms. The van der Waals surface area contributed by atoms with Crippen molar-refractivity contribution in [1.82, 2.24) is 14.5 Å². The highest BCUT2D eigenvalue weighted by molar-refractivity contribution is 6.23. The maximum absolute atomic E-state index is 6.51. The summed E-state index contributed by atoms with van der Waals surface area (Å²) in [5, 5.41) is 5.48. The lowest BCUT2D eigenvalue weighted by atomic mass is 10.1. The summed E-state index contributed by atoms with van der Waals surface area (Å²) < 4.78 is 15.3. The Bertz CT molecular complexity index is 2770. The normalized spacial score (nSPS) is 12.0. The summed E-state index contributed by atoms with van der Waals surface area (Å²) in [5.74, 6) is 0.666. The van der Waals surface area contributed by atoms with Crippen molar-refractivity contribution in [1.29, 1.82) is 0 Å². The Labute approximate surface area is 256 Å². The fourth-order valence-corrected chi connectivity index (χ4v) is 6.81. The zero-order chi connectivity index (χ0) is 29.5. The summed E-state index contributed by atoms with van der Waals surface area (Å²) in [5.41, 5.74) is 9.98. The van der Waals surface area contributed by atoms with Crippen molar-refractivity contribution >= 4 is 65.8 Å². The lowest BCUT2D eigenvalue weighted by molar-refractivity contribution is 0.667. The Hall–Kier alpha value is -6.20. The molecule has 6 aromatic carbocycles. The highest BCUT2D eigenvalue weighted by Gasteiger charge is 2.21. The van der Waals surface area contributed by atoms with E-state index in [1.807, 2.05) is 60.7 Å². The number of para-hydroxylation sites is 3. The molecule has 10 aromatic rings. The Morgan fingerprint density at radius 1 is 0.467 bits per heavy atom. The molecule has 0 aliphatic carbocycles. The summed E-state index contributed by atoms with van der Waals surface area (Å²) in [6, 6.07) is 47.8. The molecule has 0 radical (unpaired) electrons. The second-order valence-electron chi connectivity index (χ2n) is 11.4. The second-order valence-corrected chi connectivity index (χ2v) is 11.4. The van der Waals surface area contributed by atoms with Gasteiger partial charge in [-0.25, -0.2) is 9.97 Å². The molecule has 0 N–H and O–H groups in total. The van der Waals surface area contributed by atoms with Crippen LogP contribution in [0.5, 0.6) is 0 Å². The number of rotatable bonds is 3. The van der Waals surface area contributed by atoms with E-state index in [2.05, 4.69) is 83.4 Å². The Balaban J connectivity index is 1.25. The standard InChI is InChI=1S/C40H23N3O2/c1-2-11-24(12-3-1)40-41-36(39-37(42-40)30-17-6-9-20-34(30)45-39)25-13-10-14-26(23-25)43-31-18-7-4-16-29(31)35-32(43)22-21-28-27-15-5-8-19-33(27)44-38(28)35/h1-23H. The molecule has 0 unspecified atom stereocenters. The maximum Gasteiger partial charge on any atom is 0.180 e. The van der Waals surface area contributed by atoms with Crippen molar-refractivity contribution in [3.63, 3.8) is 0 Å². The molecule has 0 fully saturated rings. The van der Waals surface area contributed by atoms with E-state index in [-0.39, 0.29) is 0 Å². The summed E-state index contributed by atoms with van der Waals surface area (Å²) in [4.78, 5) is 10.1. The molecular formula is C40H23N3O2. The SMILES string of the molecule is c1ccc(-c2nc(-c3cccc(-n4c5ccccc5c5c6oc7ccccc7c6ccc54)c3)c3oc4ccccc4c3n2)cc1. The predicted molar refractivity (Wildman–Crippen MR) is 182 cm³/mol. The van der Waals surface area contributed by atoms with Gasteiger partial charge >= 0.3 is 0 Å². The van der Waals surface area contributed by atoms with Crippen molar-refractivity contribution < 1.29 is 8.83 Å². The number of benzene rings is 6. The van der Waals surface area contributed by atoms with Gasteiger partial charge in [-0.2, -0.15) is 0 Å². The van der Waals surface area contributed by atoms with Crippen LogP contribution in [0, 0.1) is 0 Å². The van der Waals surface area contributed by atoms with Crippen LogP contribution in [0.1, 0.15) is 0 Å². The zero-order valence-electron chi connectivity index (χ0n) is 23.9. The number of fused-ring (bicyclic) bond motifs is 10. The van der Waals surface area contributed by atoms with Gasteiger partial charge in [-0.05, 0) is 48.5 Å². The molecule has 0 saturated carbocycles. The van der Waals surface area contributed by atoms with E-state index in [1.54, 1.807) is 0 Å². The molecule has 0 atom stereocenters. The number of furan rings is 2. The van der Waals surface area contributed by atoms with Gasteiger partial charge in [-0.3, -0.25) is 0 Å². The molecule has 5 heteroatoms. The fraction of sp³-hybridized carbons (Fsp3) is 0. The molecule has 0 amide bonds. The van der Waals surface area contributed by atoms with Crippen LogP contribution < -0.4 is 0 Å². The minimum atomic E-state index is 0.666. The topological polar surface area (TPSA) is 57.0 Å². The van der Waals surface area contributed by atoms with E-state index in [0.29, 0.717) is 11.4 Å². The molecular weight excluding hydrogens is 554 g/mol. The van der Waals surface area contributed by atoms with Crippen LogP contribution >= 0.6 is 0 Å². The minimum Gasteiger partial charge on any atom is -0.455 e. The second kappa shape index (κ2) is 9.15. The van der Waals surface area contributed by atoms with Crippen LogP contribution in [0.3, 0.4) is 0 Å². The molecule has 0 aliphatic heterocycles. The highest BCUT2D eigenvalue weighted by atomic mass is 16.3. The largest absolute Gasteiger partial charge is 0.455 e. The van der Waals surface area contributed by atoms with E-state index >= 15 is 0 Å². The van der Waals surface area contributed by atoms with E-state index in [1.165, 1.54) is 0 Å². The van der Waals surface area contributed by atoms with Gasteiger partial charge in [-0.15, -0.1) is 0 Å². The molecule has 4 heterocycles. The van der Waals surface area contributed by atoms with Gasteiger partial charge in [0.2, 0.25) is 0 Å². The van der Waals surface area contributed by atoms with Crippen LogP contribution in [0.2, 0.25) is 0 Å². The number of hydrogen-bond acceptors (Lipinski definition) is 4. The first-order valence-electron chi connectivity index (χ1n) is 15.0. The quantitative estimate of drug-likeness (QED) is 0.210. The van der Waals surface area contributed by atoms with Crippen LogP contribution in [-0.2, 0) is 0 Å². The third kappa shape index (κ3) is 3.49. The van der Waals surface area contributed by atoms with Crippen molar-refractivity contribution in [2.45, 2.75) is 0 Å². The first kappa shape index (κ1) is 24.3. The van der Waals surface area contributed by atoms with Crippen molar-refractivity contribution in [3.8, 4) is 28.3 Å². The summed E-state index contributed by atoms with van der Waals surface area (Å²) in [7, 11) is 0. The van der Waals surface area contributed by atoms with Crippen molar-refractivity contribution in [2.24, 2.45) is 0 Å². The predicted octanol–water partition coefficient (Wildman–Crippen LogP) is 10.7. The monoisotopic (exact) mass is 577 g/mol. The molecule has 4 aromatic heterocycles. The van der Waals surface area contributed by atoms with E-state index in [9.17, 15) is 0 Å². The molecule has 0 saturated heterocycles. The van der Waals surface area contributed by atoms with Crippen LogP contribution in [0.15, 0.2) is 148 Å². The molecule has 10 rings (SSSR count). The Morgan fingerprint density at radius 3 is 2.02 bits per heavy atom. The third-order valence-corrected chi connectivity index (χ3v) is 8.81. The van der Waals surface area contributed by atoms with Gasteiger partial charge in [-0.1, -0.05) is 91.0 Å². The Kier molecular flexibility index (Phi) is 4.93. The zero-order valence-corrected chi connectivity index (χ0v) is 23.9. The van der Waals surface area contributed by atoms with E-state index in [0.717, 1.165) is 82.7 Å². The van der Waals surface area contributed by atoms with Gasteiger partial charge in [0.25, 0.3) is 0 Å². The van der Waals surface area contributed by atoms with Gasteiger partial charge in [0.1, 0.15) is 28.0 Å². The molecule has 0 aliphatic rings. The third-order valence-electron chi connectivity index (χ3n) is 8.81. The number of nitrogens with zero attached hydrogens (tertiary/aromatic N) is 3. The molecule has 0 bridgehead atoms. The summed E-state index contributed by atoms with van der Waals surface area (Å²) in [6.45, 7) is 0. The first-order valence-corrected chi connectivity index (χ1v) is 15.0. The highest BCUT2D eigenvalue weighted by Crippen LogP contribution is 2.41. The van der Waals surface area contributed by atoms with E-state index < -0.39 is 0 Å². The summed E-state index contributed by atoms with van der Waals surface area (Å²) >= 11 is 0. The average molecular weight is 578 g/mol. The van der Waals surface area contributed by atoms with Gasteiger partial charge in [0.05, 0.1) is 16.4 Å². The maximum atomic E-state index is 6.51. The average Bonchev–Trinajstić information content (AvgIpc) is 3.78. The fourth-order valence-electron chi connectivity index (χ4n) is 6.81. The van der Waals surface area contributed by atoms with Crippen LogP contribution in [0.25, 0.3) is 94.1 Å². The Morgan fingerprint density at radius 2 is 1.16 bits per heavy atom. The minimum absolute atomic E-state index is 0.666. The smallest absolute Gasteiger partial charge is 0.180 e. The first-order chi connectivity index (χ1) is 22.3. The lowest BCUT2D eigenvalue weighted by Gasteiger charge is -2.11. The molecule has 210 valence electrons. The molecule has 0 spiro atoms. The van der Waals surface area contributed by atoms with Gasteiger partial charge in [0.15, 0.2) is 11.4 Å². The number of aromatic nitrogens is 3.